The first kappa shape index (κ1) is 17.8. The SMILES string of the molecule is Nc1ccc(NC(=O)C(=O)N(CCO)Cc2ccccc2)cc1Cl. The molecule has 0 bridgehead atoms. The number of hydrogen-bond acceptors (Lipinski definition) is 4. The minimum atomic E-state index is -0.805. The summed E-state index contributed by atoms with van der Waals surface area (Å²) in [6, 6.07) is 13.8. The molecule has 0 spiro atoms. The Labute approximate surface area is 144 Å². The van der Waals surface area contributed by atoms with Crippen molar-refractivity contribution in [3.63, 3.8) is 0 Å². The first-order chi connectivity index (χ1) is 11.5. The Kier molecular flexibility index (Phi) is 6.17. The molecule has 2 amide bonds. The number of halogens is 1. The highest BCUT2D eigenvalue weighted by Gasteiger charge is 2.22. The highest BCUT2D eigenvalue weighted by Crippen LogP contribution is 2.22. The van der Waals surface area contributed by atoms with Gasteiger partial charge < -0.3 is 21.1 Å². The number of benzene rings is 2. The number of nitrogen functional groups attached to an aromatic ring is 1. The molecule has 0 fully saturated rings. The number of rotatable bonds is 5. The summed E-state index contributed by atoms with van der Waals surface area (Å²) < 4.78 is 0. The highest BCUT2D eigenvalue weighted by molar-refractivity contribution is 6.40. The van der Waals surface area contributed by atoms with Crippen molar-refractivity contribution in [2.75, 3.05) is 24.2 Å². The number of anilines is 2. The lowest BCUT2D eigenvalue weighted by atomic mass is 10.2. The Morgan fingerprint density at radius 3 is 2.50 bits per heavy atom. The predicted molar refractivity (Wildman–Crippen MR) is 93.4 cm³/mol. The third-order valence-corrected chi connectivity index (χ3v) is 3.65. The zero-order valence-corrected chi connectivity index (χ0v) is 13.7. The smallest absolute Gasteiger partial charge is 0.313 e. The van der Waals surface area contributed by atoms with Crippen LogP contribution >= 0.6 is 11.6 Å². The normalized spacial score (nSPS) is 10.2. The number of aliphatic hydroxyl groups excluding tert-OH is 1. The summed E-state index contributed by atoms with van der Waals surface area (Å²) >= 11 is 5.89. The van der Waals surface area contributed by atoms with Gasteiger partial charge in [0.15, 0.2) is 0 Å². The first-order valence-electron chi connectivity index (χ1n) is 7.31. The summed E-state index contributed by atoms with van der Waals surface area (Å²) in [5, 5.41) is 11.9. The van der Waals surface area contributed by atoms with Gasteiger partial charge in [0.1, 0.15) is 0 Å². The molecule has 0 saturated carbocycles. The van der Waals surface area contributed by atoms with E-state index in [2.05, 4.69) is 5.32 Å². The molecule has 2 aromatic carbocycles. The molecule has 0 saturated heterocycles. The topological polar surface area (TPSA) is 95.7 Å². The molecule has 24 heavy (non-hydrogen) atoms. The van der Waals surface area contributed by atoms with Crippen molar-refractivity contribution in [2.45, 2.75) is 6.54 Å². The van der Waals surface area contributed by atoms with Gasteiger partial charge in [-0.05, 0) is 23.8 Å². The van der Waals surface area contributed by atoms with Crippen LogP contribution < -0.4 is 11.1 Å². The van der Waals surface area contributed by atoms with Gasteiger partial charge in [-0.15, -0.1) is 0 Å². The van der Waals surface area contributed by atoms with E-state index in [0.717, 1.165) is 5.56 Å². The maximum Gasteiger partial charge on any atom is 0.313 e. The van der Waals surface area contributed by atoms with Crippen molar-refractivity contribution < 1.29 is 14.7 Å². The molecular weight excluding hydrogens is 330 g/mol. The number of nitrogens with two attached hydrogens (primary N) is 1. The molecule has 4 N–H and O–H groups in total. The summed E-state index contributed by atoms with van der Waals surface area (Å²) in [7, 11) is 0. The predicted octanol–water partition coefficient (Wildman–Crippen LogP) is 1.88. The summed E-state index contributed by atoms with van der Waals surface area (Å²) in [4.78, 5) is 25.8. The van der Waals surface area contributed by atoms with E-state index in [1.165, 1.54) is 17.0 Å². The van der Waals surface area contributed by atoms with Crippen molar-refractivity contribution in [1.82, 2.24) is 4.90 Å². The van der Waals surface area contributed by atoms with E-state index in [0.29, 0.717) is 11.4 Å². The van der Waals surface area contributed by atoms with Crippen LogP contribution in [0.2, 0.25) is 5.02 Å². The lowest BCUT2D eigenvalue weighted by Crippen LogP contribution is -2.40. The van der Waals surface area contributed by atoms with E-state index in [1.807, 2.05) is 30.3 Å². The second-order valence-corrected chi connectivity index (χ2v) is 5.53. The quantitative estimate of drug-likeness (QED) is 0.568. The number of nitrogens with zero attached hydrogens (tertiary/aromatic N) is 1. The van der Waals surface area contributed by atoms with Crippen LogP contribution in [0.3, 0.4) is 0 Å². The Bertz CT molecular complexity index is 722. The van der Waals surface area contributed by atoms with Gasteiger partial charge in [-0.1, -0.05) is 41.9 Å². The van der Waals surface area contributed by atoms with Crippen LogP contribution in [0, 0.1) is 0 Å². The molecule has 0 aliphatic carbocycles. The fourth-order valence-electron chi connectivity index (χ4n) is 2.11. The minimum absolute atomic E-state index is 0.0592. The van der Waals surface area contributed by atoms with Gasteiger partial charge in [-0.3, -0.25) is 9.59 Å². The maximum absolute atomic E-state index is 12.3. The van der Waals surface area contributed by atoms with Crippen LogP contribution in [0.5, 0.6) is 0 Å². The molecule has 2 rings (SSSR count). The Morgan fingerprint density at radius 1 is 1.17 bits per heavy atom. The van der Waals surface area contributed by atoms with Crippen LogP contribution in [-0.2, 0) is 16.1 Å². The second-order valence-electron chi connectivity index (χ2n) is 5.13. The van der Waals surface area contributed by atoms with E-state index in [1.54, 1.807) is 6.07 Å². The van der Waals surface area contributed by atoms with Crippen molar-refractivity contribution in [2.24, 2.45) is 0 Å². The number of hydrogen-bond donors (Lipinski definition) is 3. The molecule has 126 valence electrons. The van der Waals surface area contributed by atoms with Gasteiger partial charge in [0.05, 0.1) is 17.3 Å². The lowest BCUT2D eigenvalue weighted by Gasteiger charge is -2.21. The van der Waals surface area contributed by atoms with Crippen molar-refractivity contribution in [3.8, 4) is 0 Å². The van der Waals surface area contributed by atoms with Gasteiger partial charge >= 0.3 is 11.8 Å². The van der Waals surface area contributed by atoms with Crippen LogP contribution in [0.15, 0.2) is 48.5 Å². The maximum atomic E-state index is 12.3. The number of nitrogens with one attached hydrogen (secondary N) is 1. The van der Waals surface area contributed by atoms with Gasteiger partial charge in [-0.25, -0.2) is 0 Å². The molecule has 0 heterocycles. The monoisotopic (exact) mass is 347 g/mol. The average Bonchev–Trinajstić information content (AvgIpc) is 2.58. The summed E-state index contributed by atoms with van der Waals surface area (Å²) in [5.41, 5.74) is 7.22. The Balaban J connectivity index is 2.07. The average molecular weight is 348 g/mol. The third-order valence-electron chi connectivity index (χ3n) is 3.33. The molecule has 0 radical (unpaired) electrons. The molecule has 0 atom stereocenters. The molecule has 7 heteroatoms. The molecule has 0 unspecified atom stereocenters. The van der Waals surface area contributed by atoms with Crippen molar-refractivity contribution in [1.29, 1.82) is 0 Å². The second kappa shape index (κ2) is 8.33. The molecule has 0 aromatic heterocycles. The Hall–Kier alpha value is -2.57. The van der Waals surface area contributed by atoms with E-state index in [-0.39, 0.29) is 24.7 Å². The van der Waals surface area contributed by atoms with Gasteiger partial charge in [0.25, 0.3) is 0 Å². The van der Waals surface area contributed by atoms with Crippen LogP contribution in [-0.4, -0.2) is 35.0 Å². The van der Waals surface area contributed by atoms with E-state index in [9.17, 15) is 9.59 Å². The van der Waals surface area contributed by atoms with Gasteiger partial charge in [-0.2, -0.15) is 0 Å². The minimum Gasteiger partial charge on any atom is -0.398 e. The van der Waals surface area contributed by atoms with E-state index in [4.69, 9.17) is 22.4 Å². The van der Waals surface area contributed by atoms with Crippen molar-refractivity contribution in [3.05, 3.63) is 59.1 Å². The molecular formula is C17H18ClN3O3. The highest BCUT2D eigenvalue weighted by atomic mass is 35.5. The zero-order chi connectivity index (χ0) is 17.5. The zero-order valence-electron chi connectivity index (χ0n) is 12.9. The van der Waals surface area contributed by atoms with Gasteiger partial charge in [0, 0.05) is 18.8 Å². The van der Waals surface area contributed by atoms with Crippen molar-refractivity contribution >= 4 is 34.8 Å². The summed E-state index contributed by atoms with van der Waals surface area (Å²) in [6.45, 7) is 0.0549. The van der Waals surface area contributed by atoms with E-state index >= 15 is 0 Å². The fourth-order valence-corrected chi connectivity index (χ4v) is 2.29. The largest absolute Gasteiger partial charge is 0.398 e. The summed E-state index contributed by atoms with van der Waals surface area (Å²) in [5.74, 6) is -1.54. The number of carbonyl (C=O) groups excluding carboxylic acids is 2. The van der Waals surface area contributed by atoms with Crippen LogP contribution in [0.1, 0.15) is 5.56 Å². The Morgan fingerprint density at radius 2 is 1.88 bits per heavy atom. The van der Waals surface area contributed by atoms with Crippen LogP contribution in [0.4, 0.5) is 11.4 Å². The lowest BCUT2D eigenvalue weighted by molar-refractivity contribution is -0.143. The summed E-state index contributed by atoms with van der Waals surface area (Å²) in [6.07, 6.45) is 0. The number of aliphatic hydroxyl groups is 1. The van der Waals surface area contributed by atoms with Gasteiger partial charge in [0.2, 0.25) is 0 Å². The first-order valence-corrected chi connectivity index (χ1v) is 7.69. The number of carbonyl (C=O) groups is 2. The molecule has 0 aliphatic rings. The molecule has 6 nitrogen and oxygen atoms in total. The van der Waals surface area contributed by atoms with E-state index < -0.39 is 11.8 Å². The standard InChI is InChI=1S/C17H18ClN3O3/c18-14-10-13(6-7-15(14)19)20-16(23)17(24)21(8-9-22)11-12-4-2-1-3-5-12/h1-7,10,22H,8-9,11,19H2,(H,20,23). The molecule has 2 aromatic rings. The molecule has 0 aliphatic heterocycles. The fraction of sp³-hybridized carbons (Fsp3) is 0.176. The van der Waals surface area contributed by atoms with Crippen LogP contribution in [0.25, 0.3) is 0 Å². The number of amides is 2. The third kappa shape index (κ3) is 4.71.